The topological polar surface area (TPSA) is 43.4 Å². The van der Waals surface area contributed by atoms with Gasteiger partial charge in [-0.3, -0.25) is 4.79 Å². The average Bonchev–Trinajstić information content (AvgIpc) is 2.28. The number of hydrogen-bond acceptors (Lipinski definition) is 4. The molecule has 86 valence electrons. The number of halogens is 1. The molecule has 0 amide bonds. The van der Waals surface area contributed by atoms with Crippen molar-refractivity contribution in [2.45, 2.75) is 11.8 Å². The van der Waals surface area contributed by atoms with Gasteiger partial charge in [0.1, 0.15) is 0 Å². The Balaban J connectivity index is 3.08. The molecule has 0 radical (unpaired) electrons. The van der Waals surface area contributed by atoms with E-state index in [2.05, 4.69) is 4.74 Å². The van der Waals surface area contributed by atoms with Crippen LogP contribution < -0.4 is 0 Å². The van der Waals surface area contributed by atoms with E-state index in [4.69, 9.17) is 11.6 Å². The second-order valence-electron chi connectivity index (χ2n) is 2.87. The van der Waals surface area contributed by atoms with Gasteiger partial charge < -0.3 is 4.74 Å². The molecule has 0 unspecified atom stereocenters. The number of hydrogen-bond donors (Lipinski definition) is 0. The Morgan fingerprint density at radius 2 is 2.12 bits per heavy atom. The fourth-order valence-electron chi connectivity index (χ4n) is 1.20. The van der Waals surface area contributed by atoms with Crippen molar-refractivity contribution in [2.75, 3.05) is 12.9 Å². The molecule has 0 aliphatic carbocycles. The van der Waals surface area contributed by atoms with E-state index in [-0.39, 0.29) is 6.61 Å². The molecule has 0 spiro atoms. The first-order valence-electron chi connectivity index (χ1n) is 4.65. The molecular formula is C11H11ClO3S. The minimum atomic E-state index is -0.847. The van der Waals surface area contributed by atoms with Crippen LogP contribution >= 0.6 is 23.4 Å². The predicted molar refractivity (Wildman–Crippen MR) is 64.2 cm³/mol. The van der Waals surface area contributed by atoms with Crippen molar-refractivity contribution in [3.63, 3.8) is 0 Å². The largest absolute Gasteiger partial charge is 0.460 e. The van der Waals surface area contributed by atoms with Gasteiger partial charge in [0.2, 0.25) is 0 Å². The van der Waals surface area contributed by atoms with Crippen molar-refractivity contribution in [3.8, 4) is 0 Å². The molecule has 0 aliphatic heterocycles. The maximum absolute atomic E-state index is 11.7. The fraction of sp³-hybridized carbons (Fsp3) is 0.273. The van der Waals surface area contributed by atoms with Crippen LogP contribution in [0.5, 0.6) is 0 Å². The van der Waals surface area contributed by atoms with Crippen molar-refractivity contribution in [1.29, 1.82) is 0 Å². The summed E-state index contributed by atoms with van der Waals surface area (Å²) in [6.45, 7) is 1.83. The lowest BCUT2D eigenvalue weighted by Gasteiger charge is -2.07. The van der Waals surface area contributed by atoms with Crippen molar-refractivity contribution >= 4 is 35.1 Å². The number of ketones is 1. The molecule has 1 rings (SSSR count). The Morgan fingerprint density at radius 1 is 1.44 bits per heavy atom. The van der Waals surface area contributed by atoms with Crippen LogP contribution in [0.4, 0.5) is 0 Å². The molecule has 0 aromatic heterocycles. The van der Waals surface area contributed by atoms with Crippen molar-refractivity contribution in [3.05, 3.63) is 28.8 Å². The third kappa shape index (κ3) is 2.77. The Bertz CT molecular complexity index is 418. The molecule has 0 saturated carbocycles. The summed E-state index contributed by atoms with van der Waals surface area (Å²) in [6.07, 6.45) is 1.79. The van der Waals surface area contributed by atoms with E-state index in [1.54, 1.807) is 31.4 Å². The highest BCUT2D eigenvalue weighted by Crippen LogP contribution is 2.29. The maximum atomic E-state index is 11.7. The number of carbonyl (C=O) groups is 2. The van der Waals surface area contributed by atoms with Gasteiger partial charge in [-0.1, -0.05) is 17.7 Å². The maximum Gasteiger partial charge on any atom is 0.379 e. The van der Waals surface area contributed by atoms with Gasteiger partial charge in [0.25, 0.3) is 5.78 Å². The zero-order chi connectivity index (χ0) is 12.1. The highest BCUT2D eigenvalue weighted by atomic mass is 35.5. The van der Waals surface area contributed by atoms with Crippen LogP contribution in [0.25, 0.3) is 0 Å². The van der Waals surface area contributed by atoms with E-state index in [0.29, 0.717) is 15.5 Å². The first kappa shape index (κ1) is 13.1. The summed E-state index contributed by atoms with van der Waals surface area (Å²) in [5, 5.41) is 0.461. The van der Waals surface area contributed by atoms with Crippen LogP contribution in [0.15, 0.2) is 23.1 Å². The third-order valence-corrected chi connectivity index (χ3v) is 3.15. The molecule has 1 aromatic carbocycles. The summed E-state index contributed by atoms with van der Waals surface area (Å²) in [5.74, 6) is -1.51. The highest BCUT2D eigenvalue weighted by molar-refractivity contribution is 7.98. The molecule has 0 saturated heterocycles. The van der Waals surface area contributed by atoms with Crippen LogP contribution in [0.2, 0.25) is 5.02 Å². The molecule has 0 fully saturated rings. The van der Waals surface area contributed by atoms with E-state index in [1.807, 2.05) is 0 Å². The summed E-state index contributed by atoms with van der Waals surface area (Å²) in [5.41, 5.74) is 0.290. The zero-order valence-electron chi connectivity index (χ0n) is 8.95. The van der Waals surface area contributed by atoms with Crippen LogP contribution in [0.3, 0.4) is 0 Å². The second-order valence-corrected chi connectivity index (χ2v) is 4.09. The van der Waals surface area contributed by atoms with Gasteiger partial charge in [-0.15, -0.1) is 11.8 Å². The van der Waals surface area contributed by atoms with Crippen LogP contribution in [0, 0.1) is 0 Å². The highest BCUT2D eigenvalue weighted by Gasteiger charge is 2.21. The van der Waals surface area contributed by atoms with Crippen LogP contribution in [0.1, 0.15) is 17.3 Å². The van der Waals surface area contributed by atoms with Gasteiger partial charge in [0.05, 0.1) is 11.6 Å². The van der Waals surface area contributed by atoms with Crippen LogP contribution in [-0.2, 0) is 9.53 Å². The van der Waals surface area contributed by atoms with E-state index in [9.17, 15) is 9.59 Å². The van der Waals surface area contributed by atoms with Gasteiger partial charge in [-0.2, -0.15) is 0 Å². The van der Waals surface area contributed by atoms with Gasteiger partial charge >= 0.3 is 5.97 Å². The van der Waals surface area contributed by atoms with Crippen LogP contribution in [-0.4, -0.2) is 24.6 Å². The van der Waals surface area contributed by atoms with Gasteiger partial charge in [-0.05, 0) is 25.3 Å². The van der Waals surface area contributed by atoms with E-state index < -0.39 is 11.8 Å². The number of thioether (sulfide) groups is 1. The first-order valence-corrected chi connectivity index (χ1v) is 6.26. The lowest BCUT2D eigenvalue weighted by Crippen LogP contribution is -2.18. The van der Waals surface area contributed by atoms with E-state index >= 15 is 0 Å². The molecule has 0 atom stereocenters. The monoisotopic (exact) mass is 258 g/mol. The lowest BCUT2D eigenvalue weighted by atomic mass is 10.1. The number of Topliss-reactive ketones (excluding diaryl/α,β-unsaturated/α-hetero) is 1. The Kier molecular flexibility index (Phi) is 4.83. The van der Waals surface area contributed by atoms with Gasteiger partial charge in [-0.25, -0.2) is 4.79 Å². The fourth-order valence-corrected chi connectivity index (χ4v) is 2.25. The number of esters is 1. The van der Waals surface area contributed by atoms with E-state index in [1.165, 1.54) is 11.8 Å². The number of rotatable bonds is 4. The van der Waals surface area contributed by atoms with Crippen molar-refractivity contribution in [2.24, 2.45) is 0 Å². The third-order valence-electron chi connectivity index (χ3n) is 1.88. The molecular weight excluding hydrogens is 248 g/mol. The number of ether oxygens (including phenoxy) is 1. The zero-order valence-corrected chi connectivity index (χ0v) is 10.5. The predicted octanol–water partition coefficient (Wildman–Crippen LogP) is 2.81. The summed E-state index contributed by atoms with van der Waals surface area (Å²) in [6, 6.07) is 4.88. The van der Waals surface area contributed by atoms with Gasteiger partial charge in [0.15, 0.2) is 0 Å². The molecule has 1 aromatic rings. The van der Waals surface area contributed by atoms with E-state index in [0.717, 1.165) is 0 Å². The molecule has 0 heterocycles. The summed E-state index contributed by atoms with van der Waals surface area (Å²) in [7, 11) is 0. The quantitative estimate of drug-likeness (QED) is 0.361. The molecule has 16 heavy (non-hydrogen) atoms. The number of carbonyl (C=O) groups excluding carboxylic acids is 2. The van der Waals surface area contributed by atoms with Gasteiger partial charge in [0, 0.05) is 10.5 Å². The Morgan fingerprint density at radius 3 is 2.69 bits per heavy atom. The summed E-state index contributed by atoms with van der Waals surface area (Å²) < 4.78 is 4.66. The standard InChI is InChI=1S/C11H11ClO3S/c1-3-15-11(14)9(13)7-5-4-6-8(12)10(7)16-2/h4-6H,3H2,1-2H3. The Hall–Kier alpha value is -1.000. The molecule has 0 bridgehead atoms. The molecule has 3 nitrogen and oxygen atoms in total. The minimum absolute atomic E-state index is 0.180. The van der Waals surface area contributed by atoms with Crippen molar-refractivity contribution in [1.82, 2.24) is 0 Å². The Labute approximate surface area is 103 Å². The first-order chi connectivity index (χ1) is 7.61. The normalized spacial score (nSPS) is 9.94. The molecule has 0 N–H and O–H groups in total. The average molecular weight is 259 g/mol. The second kappa shape index (κ2) is 5.92. The SMILES string of the molecule is CCOC(=O)C(=O)c1cccc(Cl)c1SC. The smallest absolute Gasteiger partial charge is 0.379 e. The van der Waals surface area contributed by atoms with Crippen molar-refractivity contribution < 1.29 is 14.3 Å². The molecule has 0 aliphatic rings. The number of benzene rings is 1. The summed E-state index contributed by atoms with van der Waals surface area (Å²) >= 11 is 7.26. The molecule has 5 heteroatoms. The summed E-state index contributed by atoms with van der Waals surface area (Å²) in [4.78, 5) is 23.6. The lowest BCUT2D eigenvalue weighted by molar-refractivity contribution is -0.137. The minimum Gasteiger partial charge on any atom is -0.460 e.